The molecule has 6 nitrogen and oxygen atoms in total. The number of nitrogens with one attached hydrogen (secondary N) is 1. The lowest BCUT2D eigenvalue weighted by Crippen LogP contribution is -2.27. The second-order valence-corrected chi connectivity index (χ2v) is 10.1. The van der Waals surface area contributed by atoms with Gasteiger partial charge in [0, 0.05) is 10.7 Å². The van der Waals surface area contributed by atoms with E-state index in [4.69, 9.17) is 27.9 Å². The van der Waals surface area contributed by atoms with Gasteiger partial charge in [0.1, 0.15) is 5.75 Å². The molecule has 0 saturated carbocycles. The van der Waals surface area contributed by atoms with Crippen molar-refractivity contribution < 1.29 is 19.1 Å². The number of hydrogen-bond acceptors (Lipinski definition) is 5. The summed E-state index contributed by atoms with van der Waals surface area (Å²) in [6.07, 6.45) is 1.61. The molecule has 1 heterocycles. The van der Waals surface area contributed by atoms with Gasteiger partial charge >= 0.3 is 0 Å². The molecule has 0 aliphatic carbocycles. The van der Waals surface area contributed by atoms with E-state index in [-0.39, 0.29) is 35.2 Å². The third-order valence-corrected chi connectivity index (χ3v) is 7.01. The number of halogens is 2. The minimum absolute atomic E-state index is 0.215. The first kappa shape index (κ1) is 25.8. The summed E-state index contributed by atoms with van der Waals surface area (Å²) in [5, 5.41) is 3.22. The molecular weight excluding hydrogens is 519 g/mol. The molecule has 1 aliphatic heterocycles. The predicted octanol–water partition coefficient (Wildman–Crippen LogP) is 6.86. The highest BCUT2D eigenvalue weighted by atomic mass is 35.5. The van der Waals surface area contributed by atoms with E-state index in [2.05, 4.69) is 5.32 Å². The van der Waals surface area contributed by atoms with Crippen LogP contribution in [-0.2, 0) is 16.1 Å². The van der Waals surface area contributed by atoms with Crippen molar-refractivity contribution in [1.82, 2.24) is 4.90 Å². The van der Waals surface area contributed by atoms with E-state index in [0.29, 0.717) is 26.9 Å². The quantitative estimate of drug-likeness (QED) is 0.331. The van der Waals surface area contributed by atoms with E-state index in [1.807, 2.05) is 44.2 Å². The molecule has 0 bridgehead atoms. The number of imide groups is 1. The van der Waals surface area contributed by atoms with E-state index in [1.54, 1.807) is 36.4 Å². The van der Waals surface area contributed by atoms with Gasteiger partial charge in [0.15, 0.2) is 6.61 Å². The molecule has 3 aromatic rings. The van der Waals surface area contributed by atoms with Crippen LogP contribution in [-0.4, -0.2) is 28.6 Å². The van der Waals surface area contributed by atoms with Crippen molar-refractivity contribution in [1.29, 1.82) is 0 Å². The van der Waals surface area contributed by atoms with E-state index < -0.39 is 0 Å². The molecule has 0 radical (unpaired) electrons. The zero-order valence-electron chi connectivity index (χ0n) is 19.5. The number of carbonyl (C=O) groups excluding carboxylic acids is 3. The van der Waals surface area contributed by atoms with Gasteiger partial charge in [-0.1, -0.05) is 65.2 Å². The highest BCUT2D eigenvalue weighted by molar-refractivity contribution is 8.18. The topological polar surface area (TPSA) is 75.7 Å². The summed E-state index contributed by atoms with van der Waals surface area (Å²) in [6, 6.07) is 17.8. The standard InChI is InChI=1S/C27H22Cl2N2O4S/c1-16-3-6-18(7-4-16)14-31-26(33)24(36-27(31)34)12-19-8-10-23(22(29)11-19)35-15-25(32)30-20-9-5-17(2)21(28)13-20/h3-13H,14-15H2,1-2H3,(H,30,32)/b24-12-. The van der Waals surface area contributed by atoms with Crippen LogP contribution in [0.5, 0.6) is 5.75 Å². The van der Waals surface area contributed by atoms with Gasteiger partial charge in [0.25, 0.3) is 17.1 Å². The van der Waals surface area contributed by atoms with Gasteiger partial charge in [0.2, 0.25) is 0 Å². The fourth-order valence-corrected chi connectivity index (χ4v) is 4.66. The second-order valence-electron chi connectivity index (χ2n) is 8.24. The average Bonchev–Trinajstić information content (AvgIpc) is 3.09. The number of thioether (sulfide) groups is 1. The molecule has 0 aromatic heterocycles. The van der Waals surface area contributed by atoms with Crippen LogP contribution in [0.4, 0.5) is 10.5 Å². The van der Waals surface area contributed by atoms with Crippen molar-refractivity contribution in [2.45, 2.75) is 20.4 Å². The molecule has 0 unspecified atom stereocenters. The van der Waals surface area contributed by atoms with E-state index >= 15 is 0 Å². The smallest absolute Gasteiger partial charge is 0.293 e. The van der Waals surface area contributed by atoms with Crippen LogP contribution in [0.1, 0.15) is 22.3 Å². The number of nitrogens with zero attached hydrogens (tertiary/aromatic N) is 1. The highest BCUT2D eigenvalue weighted by Crippen LogP contribution is 2.34. The maximum Gasteiger partial charge on any atom is 0.293 e. The number of hydrogen-bond donors (Lipinski definition) is 1. The number of amides is 3. The van der Waals surface area contributed by atoms with Crippen LogP contribution in [0.2, 0.25) is 10.0 Å². The van der Waals surface area contributed by atoms with Crippen LogP contribution in [0.3, 0.4) is 0 Å². The molecule has 3 aromatic carbocycles. The summed E-state index contributed by atoms with van der Waals surface area (Å²) in [7, 11) is 0. The van der Waals surface area contributed by atoms with Crippen molar-refractivity contribution in [2.75, 3.05) is 11.9 Å². The molecule has 1 saturated heterocycles. The molecule has 4 rings (SSSR count). The number of anilines is 1. The number of ether oxygens (including phenoxy) is 1. The van der Waals surface area contributed by atoms with Crippen molar-refractivity contribution in [3.63, 3.8) is 0 Å². The molecule has 9 heteroatoms. The molecule has 0 atom stereocenters. The summed E-state index contributed by atoms with van der Waals surface area (Å²) < 4.78 is 5.55. The van der Waals surface area contributed by atoms with Gasteiger partial charge in [0.05, 0.1) is 16.5 Å². The Labute approximate surface area is 223 Å². The van der Waals surface area contributed by atoms with Gasteiger partial charge in [-0.2, -0.15) is 0 Å². The molecule has 36 heavy (non-hydrogen) atoms. The molecule has 1 fully saturated rings. The molecule has 184 valence electrons. The summed E-state index contributed by atoms with van der Waals surface area (Å²) in [5.41, 5.74) is 4.09. The van der Waals surface area contributed by atoms with Crippen LogP contribution in [0.15, 0.2) is 65.6 Å². The Hall–Kier alpha value is -3.26. The number of aryl methyl sites for hydroxylation is 2. The van der Waals surface area contributed by atoms with Crippen molar-refractivity contribution in [3.05, 3.63) is 97.9 Å². The zero-order chi connectivity index (χ0) is 25.8. The van der Waals surface area contributed by atoms with E-state index in [1.165, 1.54) is 4.90 Å². The largest absolute Gasteiger partial charge is 0.482 e. The number of carbonyl (C=O) groups is 3. The third kappa shape index (κ3) is 6.29. The van der Waals surface area contributed by atoms with E-state index in [0.717, 1.165) is 28.5 Å². The molecule has 1 aliphatic rings. The average molecular weight is 541 g/mol. The first-order chi connectivity index (χ1) is 17.2. The summed E-state index contributed by atoms with van der Waals surface area (Å²) in [4.78, 5) is 39.0. The lowest BCUT2D eigenvalue weighted by atomic mass is 10.1. The van der Waals surface area contributed by atoms with Crippen molar-refractivity contribution >= 4 is 63.8 Å². The minimum atomic E-state index is -0.364. The Kier molecular flexibility index (Phi) is 8.04. The normalized spacial score (nSPS) is 14.4. The Morgan fingerprint density at radius 2 is 1.75 bits per heavy atom. The predicted molar refractivity (Wildman–Crippen MR) is 144 cm³/mol. The van der Waals surface area contributed by atoms with Crippen LogP contribution >= 0.6 is 35.0 Å². The number of benzene rings is 3. The Balaban J connectivity index is 1.37. The maximum absolute atomic E-state index is 12.8. The molecule has 3 amide bonds. The Morgan fingerprint density at radius 3 is 2.44 bits per heavy atom. The lowest BCUT2D eigenvalue weighted by Gasteiger charge is -2.12. The SMILES string of the molecule is Cc1ccc(CN2C(=O)S/C(=C\c3ccc(OCC(=O)Nc4ccc(C)c(Cl)c4)c(Cl)c3)C2=O)cc1. The van der Waals surface area contributed by atoms with Gasteiger partial charge in [-0.05, 0) is 72.6 Å². The summed E-state index contributed by atoms with van der Waals surface area (Å²) in [6.45, 7) is 3.82. The van der Waals surface area contributed by atoms with Gasteiger partial charge in [-0.3, -0.25) is 19.3 Å². The molecule has 1 N–H and O–H groups in total. The molecular formula is C27H22Cl2N2O4S. The lowest BCUT2D eigenvalue weighted by molar-refractivity contribution is -0.123. The van der Waals surface area contributed by atoms with Crippen LogP contribution in [0, 0.1) is 13.8 Å². The first-order valence-corrected chi connectivity index (χ1v) is 12.6. The fourth-order valence-electron chi connectivity index (χ4n) is 3.40. The van der Waals surface area contributed by atoms with E-state index in [9.17, 15) is 14.4 Å². The number of rotatable bonds is 7. The summed E-state index contributed by atoms with van der Waals surface area (Å²) >= 11 is 13.3. The minimum Gasteiger partial charge on any atom is -0.482 e. The van der Waals surface area contributed by atoms with Crippen molar-refractivity contribution in [2.24, 2.45) is 0 Å². The Morgan fingerprint density at radius 1 is 1.00 bits per heavy atom. The van der Waals surface area contributed by atoms with Crippen LogP contribution < -0.4 is 10.1 Å². The highest BCUT2D eigenvalue weighted by Gasteiger charge is 2.35. The second kappa shape index (κ2) is 11.2. The first-order valence-electron chi connectivity index (χ1n) is 11.0. The third-order valence-electron chi connectivity index (χ3n) is 5.40. The van der Waals surface area contributed by atoms with Crippen molar-refractivity contribution in [3.8, 4) is 5.75 Å². The Bertz CT molecular complexity index is 1370. The van der Waals surface area contributed by atoms with Crippen LogP contribution in [0.25, 0.3) is 6.08 Å². The van der Waals surface area contributed by atoms with Gasteiger partial charge < -0.3 is 10.1 Å². The molecule has 0 spiro atoms. The van der Waals surface area contributed by atoms with Gasteiger partial charge in [-0.25, -0.2) is 0 Å². The monoisotopic (exact) mass is 540 g/mol. The van der Waals surface area contributed by atoms with Gasteiger partial charge in [-0.15, -0.1) is 0 Å². The zero-order valence-corrected chi connectivity index (χ0v) is 21.8. The fraction of sp³-hybridized carbons (Fsp3) is 0.148. The maximum atomic E-state index is 12.8. The summed E-state index contributed by atoms with van der Waals surface area (Å²) in [5.74, 6) is -0.398.